The molecule has 1 heterocycles. The van der Waals surface area contributed by atoms with E-state index in [1.165, 1.54) is 44.5 Å². The van der Waals surface area contributed by atoms with Gasteiger partial charge >= 0.3 is 0 Å². The summed E-state index contributed by atoms with van der Waals surface area (Å²) in [5.41, 5.74) is 2.19. The Morgan fingerprint density at radius 2 is 2.05 bits per heavy atom. The van der Waals surface area contributed by atoms with Crippen molar-refractivity contribution in [2.24, 2.45) is 0 Å². The Hall–Kier alpha value is -1.06. The van der Waals surface area contributed by atoms with Gasteiger partial charge in [0.15, 0.2) is 0 Å². The zero-order valence-electron chi connectivity index (χ0n) is 12.2. The number of nitrogens with one attached hydrogen (secondary N) is 1. The molecule has 1 unspecified atom stereocenters. The van der Waals surface area contributed by atoms with Crippen LogP contribution in [0, 0.1) is 6.92 Å². The first kappa shape index (κ1) is 14.4. The van der Waals surface area contributed by atoms with Gasteiger partial charge in [-0.25, -0.2) is 0 Å². The Morgan fingerprint density at radius 3 is 2.79 bits per heavy atom. The first-order valence-electron chi connectivity index (χ1n) is 7.42. The topological polar surface area (TPSA) is 35.5 Å². The minimum Gasteiger partial charge on any atom is -0.508 e. The van der Waals surface area contributed by atoms with E-state index >= 15 is 0 Å². The molecule has 3 nitrogen and oxygen atoms in total. The molecule has 0 bridgehead atoms. The van der Waals surface area contributed by atoms with Gasteiger partial charge in [0, 0.05) is 11.6 Å². The summed E-state index contributed by atoms with van der Waals surface area (Å²) in [7, 11) is 0. The molecular weight excluding hydrogens is 236 g/mol. The molecule has 1 aliphatic heterocycles. The number of benzene rings is 1. The molecule has 2 N–H and O–H groups in total. The molecule has 19 heavy (non-hydrogen) atoms. The molecule has 106 valence electrons. The van der Waals surface area contributed by atoms with E-state index in [9.17, 15) is 5.11 Å². The van der Waals surface area contributed by atoms with Crippen LogP contribution in [0.25, 0.3) is 0 Å². The maximum atomic E-state index is 9.89. The number of aromatic hydroxyl groups is 1. The Balaban J connectivity index is 1.74. The van der Waals surface area contributed by atoms with Crippen LogP contribution in [0.1, 0.15) is 43.4 Å². The first-order chi connectivity index (χ1) is 9.16. The van der Waals surface area contributed by atoms with Crippen LogP contribution in [0.4, 0.5) is 0 Å². The van der Waals surface area contributed by atoms with Gasteiger partial charge in [-0.2, -0.15) is 0 Å². The molecule has 2 rings (SSSR count). The predicted molar refractivity (Wildman–Crippen MR) is 79.6 cm³/mol. The van der Waals surface area contributed by atoms with Crippen LogP contribution in [0.2, 0.25) is 0 Å². The third kappa shape index (κ3) is 4.22. The summed E-state index contributed by atoms with van der Waals surface area (Å²) in [6.07, 6.45) is 3.90. The van der Waals surface area contributed by atoms with Crippen LogP contribution in [0.15, 0.2) is 18.2 Å². The number of hydrogen-bond donors (Lipinski definition) is 2. The maximum absolute atomic E-state index is 9.89. The second-order valence-corrected chi connectivity index (χ2v) is 5.64. The van der Waals surface area contributed by atoms with Gasteiger partial charge in [0.25, 0.3) is 0 Å². The Morgan fingerprint density at radius 1 is 1.32 bits per heavy atom. The highest BCUT2D eigenvalue weighted by atomic mass is 16.3. The molecule has 0 aromatic heterocycles. The molecule has 3 heteroatoms. The van der Waals surface area contributed by atoms with Gasteiger partial charge in [0.2, 0.25) is 0 Å². The first-order valence-corrected chi connectivity index (χ1v) is 7.42. The second kappa shape index (κ2) is 6.92. The number of aryl methyl sites for hydroxylation is 1. The largest absolute Gasteiger partial charge is 0.508 e. The van der Waals surface area contributed by atoms with E-state index in [0.29, 0.717) is 5.75 Å². The van der Waals surface area contributed by atoms with Gasteiger partial charge in [0.1, 0.15) is 5.75 Å². The van der Waals surface area contributed by atoms with Crippen molar-refractivity contribution in [2.45, 2.75) is 39.2 Å². The number of likely N-dealkylation sites (tertiary alicyclic amines) is 1. The molecule has 0 radical (unpaired) electrons. The van der Waals surface area contributed by atoms with Crippen molar-refractivity contribution in [3.05, 3.63) is 29.3 Å². The van der Waals surface area contributed by atoms with Gasteiger partial charge in [-0.3, -0.25) is 0 Å². The summed E-state index contributed by atoms with van der Waals surface area (Å²) in [6, 6.07) is 6.00. The lowest BCUT2D eigenvalue weighted by Gasteiger charge is -2.18. The van der Waals surface area contributed by atoms with Gasteiger partial charge in [-0.05, 0) is 65.4 Å². The summed E-state index contributed by atoms with van der Waals surface area (Å²) < 4.78 is 0. The van der Waals surface area contributed by atoms with Gasteiger partial charge in [-0.1, -0.05) is 17.7 Å². The standard InChI is InChI=1S/C16H26N2O/c1-13-6-7-16(19)15(12-13)14(2)17-8-5-11-18-9-3-4-10-18/h6-7,12,14,17,19H,3-5,8-11H2,1-2H3. The Bertz CT molecular complexity index is 400. The highest BCUT2D eigenvalue weighted by Crippen LogP contribution is 2.24. The molecule has 1 fully saturated rings. The lowest BCUT2D eigenvalue weighted by atomic mass is 10.0. The van der Waals surface area contributed by atoms with Crippen LogP contribution in [-0.4, -0.2) is 36.2 Å². The summed E-state index contributed by atoms with van der Waals surface area (Å²) in [5, 5.41) is 13.4. The van der Waals surface area contributed by atoms with E-state index < -0.39 is 0 Å². The van der Waals surface area contributed by atoms with E-state index in [2.05, 4.69) is 30.1 Å². The molecule has 1 aliphatic rings. The van der Waals surface area contributed by atoms with Crippen molar-refractivity contribution in [3.8, 4) is 5.75 Å². The van der Waals surface area contributed by atoms with Crippen molar-refractivity contribution in [1.29, 1.82) is 0 Å². The van der Waals surface area contributed by atoms with Gasteiger partial charge in [-0.15, -0.1) is 0 Å². The minimum atomic E-state index is 0.207. The summed E-state index contributed by atoms with van der Waals surface area (Å²) in [4.78, 5) is 2.54. The molecule has 1 aromatic rings. The second-order valence-electron chi connectivity index (χ2n) is 5.64. The fourth-order valence-electron chi connectivity index (χ4n) is 2.76. The predicted octanol–water partition coefficient (Wildman–Crippen LogP) is 2.84. The third-order valence-corrected chi connectivity index (χ3v) is 3.95. The van der Waals surface area contributed by atoms with Gasteiger partial charge < -0.3 is 15.3 Å². The molecule has 1 atom stereocenters. The molecule has 1 aromatic carbocycles. The van der Waals surface area contributed by atoms with Crippen molar-refractivity contribution >= 4 is 0 Å². The van der Waals surface area contributed by atoms with Crippen molar-refractivity contribution < 1.29 is 5.11 Å². The average Bonchev–Trinajstić information content (AvgIpc) is 2.90. The summed E-state index contributed by atoms with van der Waals surface area (Å²) >= 11 is 0. The fourth-order valence-corrected chi connectivity index (χ4v) is 2.76. The van der Waals surface area contributed by atoms with E-state index in [1.807, 2.05) is 6.07 Å². The SMILES string of the molecule is Cc1ccc(O)c(C(C)NCCCN2CCCC2)c1. The smallest absolute Gasteiger partial charge is 0.120 e. The highest BCUT2D eigenvalue weighted by molar-refractivity contribution is 5.37. The minimum absolute atomic E-state index is 0.207. The molecule has 0 amide bonds. The Labute approximate surface area is 116 Å². The van der Waals surface area contributed by atoms with Crippen LogP contribution >= 0.6 is 0 Å². The number of phenolic OH excluding ortho intramolecular Hbond substituents is 1. The average molecular weight is 262 g/mol. The van der Waals surface area contributed by atoms with Crippen LogP contribution in [0.5, 0.6) is 5.75 Å². The van der Waals surface area contributed by atoms with Gasteiger partial charge in [0.05, 0.1) is 0 Å². The summed E-state index contributed by atoms with van der Waals surface area (Å²) in [6.45, 7) is 8.92. The fraction of sp³-hybridized carbons (Fsp3) is 0.625. The molecule has 0 spiro atoms. The normalized spacial score (nSPS) is 17.8. The van der Waals surface area contributed by atoms with Crippen LogP contribution < -0.4 is 5.32 Å². The van der Waals surface area contributed by atoms with Crippen molar-refractivity contribution in [1.82, 2.24) is 10.2 Å². The molecule has 1 saturated heterocycles. The zero-order valence-corrected chi connectivity index (χ0v) is 12.2. The van der Waals surface area contributed by atoms with E-state index in [1.54, 1.807) is 6.07 Å². The van der Waals surface area contributed by atoms with Crippen molar-refractivity contribution in [2.75, 3.05) is 26.2 Å². The molecule has 0 saturated carbocycles. The highest BCUT2D eigenvalue weighted by Gasteiger charge is 2.12. The number of phenols is 1. The number of rotatable bonds is 6. The van der Waals surface area contributed by atoms with E-state index in [0.717, 1.165) is 12.1 Å². The van der Waals surface area contributed by atoms with Crippen LogP contribution in [-0.2, 0) is 0 Å². The third-order valence-electron chi connectivity index (χ3n) is 3.95. The lowest BCUT2D eigenvalue weighted by molar-refractivity contribution is 0.328. The quantitative estimate of drug-likeness (QED) is 0.774. The monoisotopic (exact) mass is 262 g/mol. The number of hydrogen-bond acceptors (Lipinski definition) is 3. The van der Waals surface area contributed by atoms with E-state index in [-0.39, 0.29) is 6.04 Å². The summed E-state index contributed by atoms with van der Waals surface area (Å²) in [5.74, 6) is 0.394. The number of nitrogens with zero attached hydrogens (tertiary/aromatic N) is 1. The molecule has 0 aliphatic carbocycles. The van der Waals surface area contributed by atoms with Crippen LogP contribution in [0.3, 0.4) is 0 Å². The zero-order chi connectivity index (χ0) is 13.7. The van der Waals surface area contributed by atoms with E-state index in [4.69, 9.17) is 0 Å². The Kier molecular flexibility index (Phi) is 5.23. The maximum Gasteiger partial charge on any atom is 0.120 e. The molecular formula is C16H26N2O. The van der Waals surface area contributed by atoms with Crippen molar-refractivity contribution in [3.63, 3.8) is 0 Å². The lowest BCUT2D eigenvalue weighted by Crippen LogP contribution is -2.26.